The fraction of sp³-hybridized carbons (Fsp3) is 0.222. The first kappa shape index (κ1) is 29.0. The Morgan fingerprint density at radius 3 is 2.18 bits per heavy atom. The normalized spacial score (nSPS) is 17.7. The number of Topliss-reactive ketones (excluding diaryl/α,β-unsaturated/α-hetero) is 1. The lowest BCUT2D eigenvalue weighted by Gasteiger charge is -2.33. The number of carbonyl (C=O) groups excluding carboxylic acids is 2. The Morgan fingerprint density at radius 2 is 1.57 bits per heavy atom. The molecule has 0 saturated heterocycles. The van der Waals surface area contributed by atoms with Crippen LogP contribution in [0.5, 0.6) is 0 Å². The van der Waals surface area contributed by atoms with Crippen LogP contribution in [0.2, 0.25) is 0 Å². The number of aromatic amines is 1. The van der Waals surface area contributed by atoms with Gasteiger partial charge in [0.2, 0.25) is 5.60 Å². The third-order valence-corrected chi connectivity index (χ3v) is 8.61. The first-order chi connectivity index (χ1) is 21.3. The molecule has 8 nitrogen and oxygen atoms in total. The fourth-order valence-electron chi connectivity index (χ4n) is 5.92. The van der Waals surface area contributed by atoms with Gasteiger partial charge in [-0.05, 0) is 33.9 Å². The summed E-state index contributed by atoms with van der Waals surface area (Å²) in [5.74, 6) is -0.936. The number of ketones is 1. The SMILES string of the molecule is CC(C)[C@@](N)(C(=O)Cc1cnc[nH]1)C1=NOC(C(=O)NC(c2ccccc2)c2ccccc2)(c2ccc3ccccc3c2)C1. The van der Waals surface area contributed by atoms with E-state index in [9.17, 15) is 9.59 Å². The van der Waals surface area contributed by atoms with Crippen molar-refractivity contribution in [1.82, 2.24) is 15.3 Å². The summed E-state index contributed by atoms with van der Waals surface area (Å²) in [5, 5.41) is 9.70. The summed E-state index contributed by atoms with van der Waals surface area (Å²) in [6.07, 6.45) is 3.19. The molecule has 0 radical (unpaired) electrons. The summed E-state index contributed by atoms with van der Waals surface area (Å²) in [7, 11) is 0. The monoisotopic (exact) mass is 585 g/mol. The number of fused-ring (bicyclic) bond motifs is 1. The van der Waals surface area contributed by atoms with Crippen LogP contribution in [0.15, 0.2) is 121 Å². The lowest BCUT2D eigenvalue weighted by molar-refractivity contribution is -0.145. The number of carbonyl (C=O) groups is 2. The molecule has 4 aromatic carbocycles. The average Bonchev–Trinajstić information content (AvgIpc) is 3.75. The number of H-pyrrole nitrogens is 1. The molecule has 2 atom stereocenters. The Bertz CT molecular complexity index is 1760. The maximum absolute atomic E-state index is 14.7. The molecule has 44 heavy (non-hydrogen) atoms. The number of benzene rings is 4. The molecule has 8 heteroatoms. The third kappa shape index (κ3) is 5.29. The molecule has 4 N–H and O–H groups in total. The van der Waals surface area contributed by atoms with Crippen LogP contribution < -0.4 is 11.1 Å². The second kappa shape index (κ2) is 11.9. The number of oxime groups is 1. The van der Waals surface area contributed by atoms with Crippen LogP contribution in [0.4, 0.5) is 0 Å². The Hall–Kier alpha value is -5.08. The molecule has 1 aromatic heterocycles. The number of hydrogen-bond donors (Lipinski definition) is 3. The van der Waals surface area contributed by atoms with Crippen molar-refractivity contribution in [3.8, 4) is 0 Å². The molecule has 1 amide bonds. The van der Waals surface area contributed by atoms with E-state index in [1.807, 2.05) is 117 Å². The Labute approximate surface area is 256 Å². The number of rotatable bonds is 10. The van der Waals surface area contributed by atoms with Gasteiger partial charge >= 0.3 is 0 Å². The Morgan fingerprint density at radius 1 is 0.932 bits per heavy atom. The van der Waals surface area contributed by atoms with E-state index in [0.29, 0.717) is 17.0 Å². The van der Waals surface area contributed by atoms with Crippen LogP contribution in [-0.2, 0) is 26.4 Å². The van der Waals surface area contributed by atoms with Crippen LogP contribution in [0, 0.1) is 5.92 Å². The van der Waals surface area contributed by atoms with Gasteiger partial charge in [-0.1, -0.05) is 116 Å². The highest BCUT2D eigenvalue weighted by atomic mass is 16.7. The van der Waals surface area contributed by atoms with Gasteiger partial charge in [-0.3, -0.25) is 9.59 Å². The molecule has 0 saturated carbocycles. The second-order valence-corrected chi connectivity index (χ2v) is 11.6. The average molecular weight is 586 g/mol. The molecule has 0 aliphatic carbocycles. The van der Waals surface area contributed by atoms with Crippen LogP contribution in [-0.4, -0.2) is 32.9 Å². The Kier molecular flexibility index (Phi) is 7.84. The number of hydrogen-bond acceptors (Lipinski definition) is 6. The predicted octanol–water partition coefficient (Wildman–Crippen LogP) is 5.61. The van der Waals surface area contributed by atoms with Crippen LogP contribution in [0.3, 0.4) is 0 Å². The van der Waals surface area contributed by atoms with Gasteiger partial charge in [0.25, 0.3) is 5.91 Å². The molecular formula is C36H35N5O3. The van der Waals surface area contributed by atoms with E-state index in [0.717, 1.165) is 21.9 Å². The highest BCUT2D eigenvalue weighted by molar-refractivity contribution is 6.16. The molecule has 6 rings (SSSR count). The molecule has 1 aliphatic rings. The van der Waals surface area contributed by atoms with Crippen molar-refractivity contribution < 1.29 is 14.4 Å². The van der Waals surface area contributed by atoms with E-state index in [1.54, 1.807) is 6.20 Å². The largest absolute Gasteiger partial charge is 0.374 e. The zero-order chi connectivity index (χ0) is 30.7. The quantitative estimate of drug-likeness (QED) is 0.197. The van der Waals surface area contributed by atoms with E-state index in [1.165, 1.54) is 6.33 Å². The van der Waals surface area contributed by atoms with E-state index >= 15 is 0 Å². The second-order valence-electron chi connectivity index (χ2n) is 11.6. The summed E-state index contributed by atoms with van der Waals surface area (Å²) in [4.78, 5) is 41.7. The predicted molar refractivity (Wildman–Crippen MR) is 171 cm³/mol. The number of aromatic nitrogens is 2. The molecule has 0 fully saturated rings. The summed E-state index contributed by atoms with van der Waals surface area (Å²) in [5.41, 5.74) is 7.37. The summed E-state index contributed by atoms with van der Waals surface area (Å²) in [6, 6.07) is 32.9. The van der Waals surface area contributed by atoms with Crippen LogP contribution >= 0.6 is 0 Å². The van der Waals surface area contributed by atoms with Crippen molar-refractivity contribution >= 4 is 28.2 Å². The minimum atomic E-state index is -1.56. The van der Waals surface area contributed by atoms with Crippen LogP contribution in [0.1, 0.15) is 48.7 Å². The van der Waals surface area contributed by atoms with Crippen LogP contribution in [0.25, 0.3) is 10.8 Å². The maximum atomic E-state index is 14.7. The molecular weight excluding hydrogens is 550 g/mol. The van der Waals surface area contributed by atoms with Gasteiger partial charge in [0.1, 0.15) is 5.54 Å². The fourth-order valence-corrected chi connectivity index (χ4v) is 5.92. The lowest BCUT2D eigenvalue weighted by atomic mass is 9.73. The van der Waals surface area contributed by atoms with Gasteiger partial charge in [-0.25, -0.2) is 4.98 Å². The van der Waals surface area contributed by atoms with Crippen molar-refractivity contribution in [2.45, 2.75) is 43.9 Å². The zero-order valence-electron chi connectivity index (χ0n) is 24.7. The first-order valence-corrected chi connectivity index (χ1v) is 14.8. The topological polar surface area (TPSA) is 122 Å². The Balaban J connectivity index is 1.41. The van der Waals surface area contributed by atoms with E-state index in [2.05, 4.69) is 20.4 Å². The smallest absolute Gasteiger partial charge is 0.272 e. The van der Waals surface area contributed by atoms with Gasteiger partial charge in [0.15, 0.2) is 5.78 Å². The summed E-state index contributed by atoms with van der Waals surface area (Å²) >= 11 is 0. The van der Waals surface area contributed by atoms with Crippen molar-refractivity contribution in [2.75, 3.05) is 0 Å². The highest BCUT2D eigenvalue weighted by Gasteiger charge is 2.55. The number of nitrogens with zero attached hydrogens (tertiary/aromatic N) is 2. The minimum Gasteiger partial charge on any atom is -0.374 e. The van der Waals surface area contributed by atoms with Crippen molar-refractivity contribution in [3.05, 3.63) is 138 Å². The third-order valence-electron chi connectivity index (χ3n) is 8.61. The number of imidazole rings is 1. The molecule has 2 heterocycles. The molecule has 0 bridgehead atoms. The lowest BCUT2D eigenvalue weighted by Crippen LogP contribution is -2.60. The zero-order valence-corrected chi connectivity index (χ0v) is 24.7. The number of nitrogens with two attached hydrogens (primary N) is 1. The minimum absolute atomic E-state index is 0.0108. The van der Waals surface area contributed by atoms with Gasteiger partial charge < -0.3 is 20.9 Å². The van der Waals surface area contributed by atoms with E-state index in [4.69, 9.17) is 10.6 Å². The van der Waals surface area contributed by atoms with E-state index < -0.39 is 17.2 Å². The summed E-state index contributed by atoms with van der Waals surface area (Å²) < 4.78 is 0. The molecule has 0 spiro atoms. The van der Waals surface area contributed by atoms with Gasteiger partial charge in [-0.15, -0.1) is 0 Å². The molecule has 222 valence electrons. The molecule has 1 aliphatic heterocycles. The highest BCUT2D eigenvalue weighted by Crippen LogP contribution is 2.41. The molecule has 1 unspecified atom stereocenters. The number of amides is 1. The van der Waals surface area contributed by atoms with Crippen molar-refractivity contribution in [2.24, 2.45) is 16.8 Å². The van der Waals surface area contributed by atoms with E-state index in [-0.39, 0.29) is 30.4 Å². The summed E-state index contributed by atoms with van der Waals surface area (Å²) in [6.45, 7) is 3.76. The standard InChI is InChI=1S/C36H35N5O3/c1-24(2)36(37,32(42)20-30-22-38-23-39-30)31-21-35(44-41-31,29-18-17-25-11-9-10-16-28(25)19-29)34(43)40-33(26-12-5-3-6-13-26)27-14-7-4-8-15-27/h3-19,22-24,33H,20-21,37H2,1-2H3,(H,38,39)(H,40,43)/t35?,36-/m0/s1. The number of nitrogens with one attached hydrogen (secondary N) is 2. The van der Waals surface area contributed by atoms with Gasteiger partial charge in [0, 0.05) is 23.9 Å². The van der Waals surface area contributed by atoms with Gasteiger partial charge in [-0.2, -0.15) is 0 Å². The van der Waals surface area contributed by atoms with Crippen molar-refractivity contribution in [1.29, 1.82) is 0 Å². The van der Waals surface area contributed by atoms with Gasteiger partial charge in [0.05, 0.1) is 24.5 Å². The molecule has 5 aromatic rings. The maximum Gasteiger partial charge on any atom is 0.272 e. The first-order valence-electron chi connectivity index (χ1n) is 14.8. The van der Waals surface area contributed by atoms with Crippen molar-refractivity contribution in [3.63, 3.8) is 0 Å².